The Kier molecular flexibility index (Phi) is 4.71. The molecule has 0 aliphatic carbocycles. The second-order valence-electron chi connectivity index (χ2n) is 6.17. The monoisotopic (exact) mass is 347 g/mol. The lowest BCUT2D eigenvalue weighted by atomic mass is 10.00. The summed E-state index contributed by atoms with van der Waals surface area (Å²) in [4.78, 5) is 26.6. The number of likely N-dealkylation sites (tertiary alicyclic amines) is 1. The van der Waals surface area contributed by atoms with Crippen molar-refractivity contribution in [1.29, 1.82) is 0 Å². The topological polar surface area (TPSA) is 75.4 Å². The van der Waals surface area contributed by atoms with Crippen LogP contribution in [-0.4, -0.2) is 34.5 Å². The molecule has 2 aromatic rings. The summed E-state index contributed by atoms with van der Waals surface area (Å²) in [6.07, 6.45) is 1.48. The van der Waals surface area contributed by atoms with E-state index in [0.29, 0.717) is 36.0 Å². The Bertz CT molecular complexity index is 738. The van der Waals surface area contributed by atoms with Crippen molar-refractivity contribution < 1.29 is 14.1 Å². The molecule has 2 unspecified atom stereocenters. The summed E-state index contributed by atoms with van der Waals surface area (Å²) in [5.41, 5.74) is 2.33. The smallest absolute Gasteiger partial charge is 0.314 e. The molecule has 6 nitrogen and oxygen atoms in total. The van der Waals surface area contributed by atoms with Crippen LogP contribution in [0.2, 0.25) is 0 Å². The van der Waals surface area contributed by atoms with Crippen molar-refractivity contribution in [3.05, 3.63) is 33.8 Å². The average Bonchev–Trinajstić information content (AvgIpc) is 3.28. The maximum Gasteiger partial charge on any atom is 0.314 e. The molecule has 128 valence electrons. The normalized spacial score (nSPS) is 20.4. The molecular formula is C17H21N3O3S. The number of carbonyl (C=O) groups is 2. The molecular weight excluding hydrogens is 326 g/mol. The molecule has 2 amide bonds. The minimum atomic E-state index is -0.631. The van der Waals surface area contributed by atoms with Gasteiger partial charge in [-0.1, -0.05) is 12.1 Å². The van der Waals surface area contributed by atoms with E-state index in [-0.39, 0.29) is 6.04 Å². The largest absolute Gasteiger partial charge is 0.359 e. The van der Waals surface area contributed by atoms with E-state index in [1.807, 2.05) is 19.2 Å². The zero-order valence-corrected chi connectivity index (χ0v) is 14.9. The molecule has 1 fully saturated rings. The third kappa shape index (κ3) is 3.08. The Morgan fingerprint density at radius 2 is 2.29 bits per heavy atom. The second-order valence-corrected chi connectivity index (χ2v) is 6.95. The number of hydrogen-bond acceptors (Lipinski definition) is 5. The van der Waals surface area contributed by atoms with Crippen molar-refractivity contribution in [2.24, 2.45) is 0 Å². The summed E-state index contributed by atoms with van der Waals surface area (Å²) in [5, 5.41) is 10.7. The van der Waals surface area contributed by atoms with Crippen molar-refractivity contribution in [3.8, 4) is 0 Å². The van der Waals surface area contributed by atoms with Crippen LogP contribution >= 0.6 is 11.3 Å². The van der Waals surface area contributed by atoms with Crippen LogP contribution in [0.3, 0.4) is 0 Å². The molecule has 3 heterocycles. The summed E-state index contributed by atoms with van der Waals surface area (Å²) in [6, 6.07) is 2.13. The lowest BCUT2D eigenvalue weighted by Crippen LogP contribution is -2.41. The lowest BCUT2D eigenvalue weighted by molar-refractivity contribution is -0.143. The highest BCUT2D eigenvalue weighted by Gasteiger charge is 2.36. The molecule has 0 radical (unpaired) electrons. The van der Waals surface area contributed by atoms with Crippen molar-refractivity contribution in [2.45, 2.75) is 45.6 Å². The van der Waals surface area contributed by atoms with E-state index in [4.69, 9.17) is 4.52 Å². The average molecular weight is 347 g/mol. The van der Waals surface area contributed by atoms with E-state index in [1.54, 1.807) is 23.2 Å². The third-order valence-corrected chi connectivity index (χ3v) is 5.24. The molecule has 7 heteroatoms. The van der Waals surface area contributed by atoms with Crippen LogP contribution in [0.25, 0.3) is 0 Å². The number of aromatic nitrogens is 1. The van der Waals surface area contributed by atoms with E-state index in [2.05, 4.69) is 21.9 Å². The van der Waals surface area contributed by atoms with Gasteiger partial charge >= 0.3 is 11.8 Å². The molecule has 1 aliphatic heterocycles. The van der Waals surface area contributed by atoms with E-state index in [9.17, 15) is 9.59 Å². The van der Waals surface area contributed by atoms with Gasteiger partial charge in [0.1, 0.15) is 11.4 Å². The Hall–Kier alpha value is -2.15. The first-order valence-electron chi connectivity index (χ1n) is 8.10. The molecule has 0 spiro atoms. The number of rotatable bonds is 3. The Morgan fingerprint density at radius 1 is 1.50 bits per heavy atom. The van der Waals surface area contributed by atoms with Crippen LogP contribution < -0.4 is 5.32 Å². The SMILES string of the molecule is CCc1onc(C)c1NC(=O)C(=O)N1CC(c2ccsc2)CC1C. The molecule has 1 aliphatic rings. The zero-order valence-electron chi connectivity index (χ0n) is 14.0. The van der Waals surface area contributed by atoms with Gasteiger partial charge in [0.05, 0.1) is 0 Å². The number of anilines is 1. The van der Waals surface area contributed by atoms with Gasteiger partial charge in [0.25, 0.3) is 0 Å². The van der Waals surface area contributed by atoms with Crippen LogP contribution in [-0.2, 0) is 16.0 Å². The molecule has 2 atom stereocenters. The first-order chi connectivity index (χ1) is 11.5. The van der Waals surface area contributed by atoms with Crippen molar-refractivity contribution in [3.63, 3.8) is 0 Å². The van der Waals surface area contributed by atoms with Gasteiger partial charge in [-0.3, -0.25) is 9.59 Å². The van der Waals surface area contributed by atoms with E-state index in [1.165, 1.54) is 5.56 Å². The summed E-state index contributed by atoms with van der Waals surface area (Å²) in [5.74, 6) is -0.248. The van der Waals surface area contributed by atoms with Crippen LogP contribution in [0.5, 0.6) is 0 Å². The number of nitrogens with zero attached hydrogens (tertiary/aromatic N) is 2. The van der Waals surface area contributed by atoms with Crippen molar-refractivity contribution in [1.82, 2.24) is 10.1 Å². The van der Waals surface area contributed by atoms with Gasteiger partial charge in [0, 0.05) is 24.9 Å². The van der Waals surface area contributed by atoms with E-state index < -0.39 is 11.8 Å². The van der Waals surface area contributed by atoms with Gasteiger partial charge in [-0.15, -0.1) is 0 Å². The van der Waals surface area contributed by atoms with Crippen LogP contribution in [0.1, 0.15) is 43.2 Å². The minimum absolute atomic E-state index is 0.0439. The number of aryl methyl sites for hydroxylation is 2. The standard InChI is InChI=1S/C17H21N3O3S/c1-4-14-15(11(3)19-23-14)18-16(21)17(22)20-8-13(7-10(20)2)12-5-6-24-9-12/h5-6,9-10,13H,4,7-8H2,1-3H3,(H,18,21). The lowest BCUT2D eigenvalue weighted by Gasteiger charge is -2.20. The maximum atomic E-state index is 12.6. The van der Waals surface area contributed by atoms with Gasteiger partial charge < -0.3 is 14.7 Å². The fraction of sp³-hybridized carbons (Fsp3) is 0.471. The van der Waals surface area contributed by atoms with Crippen LogP contribution in [0, 0.1) is 6.92 Å². The Morgan fingerprint density at radius 3 is 2.96 bits per heavy atom. The third-order valence-electron chi connectivity index (χ3n) is 4.54. The fourth-order valence-corrected chi connectivity index (χ4v) is 3.92. The Labute approximate surface area is 144 Å². The summed E-state index contributed by atoms with van der Waals surface area (Å²) in [7, 11) is 0. The summed E-state index contributed by atoms with van der Waals surface area (Å²) < 4.78 is 5.15. The molecule has 0 aromatic carbocycles. The van der Waals surface area contributed by atoms with Crippen LogP contribution in [0.4, 0.5) is 5.69 Å². The van der Waals surface area contributed by atoms with Gasteiger partial charge in [0.15, 0.2) is 5.76 Å². The fourth-order valence-electron chi connectivity index (χ4n) is 3.18. The van der Waals surface area contributed by atoms with Crippen molar-refractivity contribution >= 4 is 28.8 Å². The number of carbonyl (C=O) groups excluding carboxylic acids is 2. The zero-order chi connectivity index (χ0) is 17.3. The first kappa shape index (κ1) is 16.7. The predicted octanol–water partition coefficient (Wildman–Crippen LogP) is 2.95. The predicted molar refractivity (Wildman–Crippen MR) is 92.1 cm³/mol. The second kappa shape index (κ2) is 6.76. The molecule has 1 N–H and O–H groups in total. The minimum Gasteiger partial charge on any atom is -0.359 e. The van der Waals surface area contributed by atoms with Gasteiger partial charge in [0.2, 0.25) is 0 Å². The Balaban J connectivity index is 1.69. The number of thiophene rings is 1. The molecule has 1 saturated heterocycles. The molecule has 0 saturated carbocycles. The molecule has 2 aromatic heterocycles. The van der Waals surface area contributed by atoms with E-state index >= 15 is 0 Å². The van der Waals surface area contributed by atoms with Crippen LogP contribution in [0.15, 0.2) is 21.3 Å². The quantitative estimate of drug-likeness (QED) is 0.866. The molecule has 24 heavy (non-hydrogen) atoms. The summed E-state index contributed by atoms with van der Waals surface area (Å²) in [6.45, 7) is 6.21. The highest BCUT2D eigenvalue weighted by Crippen LogP contribution is 2.33. The van der Waals surface area contributed by atoms with Crippen molar-refractivity contribution in [2.75, 3.05) is 11.9 Å². The van der Waals surface area contributed by atoms with Gasteiger partial charge in [-0.05, 0) is 42.7 Å². The highest BCUT2D eigenvalue weighted by molar-refractivity contribution is 7.08. The number of amides is 2. The van der Waals surface area contributed by atoms with E-state index in [0.717, 1.165) is 6.42 Å². The number of nitrogens with one attached hydrogen (secondary N) is 1. The maximum absolute atomic E-state index is 12.6. The highest BCUT2D eigenvalue weighted by atomic mass is 32.1. The molecule has 3 rings (SSSR count). The van der Waals surface area contributed by atoms with Gasteiger partial charge in [-0.25, -0.2) is 0 Å². The van der Waals surface area contributed by atoms with Gasteiger partial charge in [-0.2, -0.15) is 11.3 Å². The first-order valence-corrected chi connectivity index (χ1v) is 9.04. The summed E-state index contributed by atoms with van der Waals surface area (Å²) >= 11 is 1.65. The number of hydrogen-bond donors (Lipinski definition) is 1. The molecule has 0 bridgehead atoms.